The third-order valence-electron chi connectivity index (χ3n) is 3.08. The zero-order valence-electron chi connectivity index (χ0n) is 10.4. The van der Waals surface area contributed by atoms with Gasteiger partial charge in [0.15, 0.2) is 0 Å². The molecule has 19 heavy (non-hydrogen) atoms. The van der Waals surface area contributed by atoms with Gasteiger partial charge < -0.3 is 9.73 Å². The van der Waals surface area contributed by atoms with Crippen molar-refractivity contribution < 1.29 is 4.42 Å². The first-order valence-electron chi connectivity index (χ1n) is 6.22. The Kier molecular flexibility index (Phi) is 3.67. The first-order chi connectivity index (χ1) is 9.31. The third kappa shape index (κ3) is 3.06. The highest BCUT2D eigenvalue weighted by Gasteiger charge is 1.99. The van der Waals surface area contributed by atoms with Crippen molar-refractivity contribution >= 4 is 26.7 Å². The summed E-state index contributed by atoms with van der Waals surface area (Å²) in [5.74, 6) is 0.963. The standard InChI is InChI=1S/C16H14BrNO/c17-15-6-5-13-8-12(3-4-14(13)9-15)10-18-11-16-2-1-7-19-16/h1-9,18H,10-11H2. The monoisotopic (exact) mass is 315 g/mol. The van der Waals surface area contributed by atoms with Gasteiger partial charge in [-0.05, 0) is 46.7 Å². The maximum Gasteiger partial charge on any atom is 0.117 e. The van der Waals surface area contributed by atoms with Gasteiger partial charge in [0.2, 0.25) is 0 Å². The second-order valence-corrected chi connectivity index (χ2v) is 5.42. The van der Waals surface area contributed by atoms with Crippen LogP contribution in [0, 0.1) is 0 Å². The van der Waals surface area contributed by atoms with E-state index in [1.807, 2.05) is 12.1 Å². The second-order valence-electron chi connectivity index (χ2n) is 4.51. The predicted molar refractivity (Wildman–Crippen MR) is 80.9 cm³/mol. The smallest absolute Gasteiger partial charge is 0.117 e. The van der Waals surface area contributed by atoms with Crippen LogP contribution in [0.4, 0.5) is 0 Å². The lowest BCUT2D eigenvalue weighted by Crippen LogP contribution is -2.11. The van der Waals surface area contributed by atoms with Crippen LogP contribution in [0.5, 0.6) is 0 Å². The summed E-state index contributed by atoms with van der Waals surface area (Å²) in [5.41, 5.74) is 1.28. The van der Waals surface area contributed by atoms with E-state index < -0.39 is 0 Å². The molecule has 0 radical (unpaired) electrons. The molecule has 0 bridgehead atoms. The molecule has 0 saturated carbocycles. The zero-order valence-corrected chi connectivity index (χ0v) is 12.0. The van der Waals surface area contributed by atoms with Crippen molar-refractivity contribution in [3.8, 4) is 0 Å². The Labute approximate surface area is 120 Å². The molecule has 3 heteroatoms. The van der Waals surface area contributed by atoms with Crippen LogP contribution in [-0.2, 0) is 13.1 Å². The number of hydrogen-bond donors (Lipinski definition) is 1. The van der Waals surface area contributed by atoms with Crippen LogP contribution in [0.3, 0.4) is 0 Å². The molecule has 0 atom stereocenters. The minimum Gasteiger partial charge on any atom is -0.468 e. The van der Waals surface area contributed by atoms with Crippen LogP contribution >= 0.6 is 15.9 Å². The van der Waals surface area contributed by atoms with E-state index in [9.17, 15) is 0 Å². The van der Waals surface area contributed by atoms with Gasteiger partial charge in [-0.3, -0.25) is 0 Å². The van der Waals surface area contributed by atoms with Crippen molar-refractivity contribution in [1.29, 1.82) is 0 Å². The molecule has 0 amide bonds. The second kappa shape index (κ2) is 5.59. The van der Waals surface area contributed by atoms with Gasteiger partial charge >= 0.3 is 0 Å². The number of benzene rings is 2. The quantitative estimate of drug-likeness (QED) is 0.767. The fourth-order valence-corrected chi connectivity index (χ4v) is 2.50. The summed E-state index contributed by atoms with van der Waals surface area (Å²) < 4.78 is 6.40. The van der Waals surface area contributed by atoms with E-state index in [-0.39, 0.29) is 0 Å². The normalized spacial score (nSPS) is 11.0. The number of hydrogen-bond acceptors (Lipinski definition) is 2. The van der Waals surface area contributed by atoms with Gasteiger partial charge in [-0.2, -0.15) is 0 Å². The minimum atomic E-state index is 0.755. The summed E-state index contributed by atoms with van der Waals surface area (Å²) in [7, 11) is 0. The average molecular weight is 316 g/mol. The Morgan fingerprint density at radius 1 is 0.947 bits per heavy atom. The summed E-state index contributed by atoms with van der Waals surface area (Å²) in [6.07, 6.45) is 1.70. The number of fused-ring (bicyclic) bond motifs is 1. The molecule has 96 valence electrons. The van der Waals surface area contributed by atoms with E-state index >= 15 is 0 Å². The van der Waals surface area contributed by atoms with Gasteiger partial charge in [-0.1, -0.05) is 34.1 Å². The molecule has 3 rings (SSSR count). The van der Waals surface area contributed by atoms with E-state index in [4.69, 9.17) is 4.42 Å². The first-order valence-corrected chi connectivity index (χ1v) is 7.02. The maximum atomic E-state index is 5.29. The molecule has 2 nitrogen and oxygen atoms in total. The highest BCUT2D eigenvalue weighted by Crippen LogP contribution is 2.20. The van der Waals surface area contributed by atoms with E-state index in [1.165, 1.54) is 16.3 Å². The van der Waals surface area contributed by atoms with Crippen LogP contribution < -0.4 is 5.32 Å². The van der Waals surface area contributed by atoms with Gasteiger partial charge in [-0.25, -0.2) is 0 Å². The Hall–Kier alpha value is -1.58. The van der Waals surface area contributed by atoms with Crippen molar-refractivity contribution in [2.75, 3.05) is 0 Å². The molecule has 0 aliphatic carbocycles. The number of furan rings is 1. The summed E-state index contributed by atoms with van der Waals surface area (Å²) >= 11 is 3.49. The largest absolute Gasteiger partial charge is 0.468 e. The predicted octanol–water partition coefficient (Wildman–Crippen LogP) is 4.49. The lowest BCUT2D eigenvalue weighted by molar-refractivity contribution is 0.483. The molecule has 2 aromatic carbocycles. The van der Waals surface area contributed by atoms with Gasteiger partial charge in [0.05, 0.1) is 12.8 Å². The third-order valence-corrected chi connectivity index (χ3v) is 3.57. The molecular weight excluding hydrogens is 302 g/mol. The fraction of sp³-hybridized carbons (Fsp3) is 0.125. The number of rotatable bonds is 4. The van der Waals surface area contributed by atoms with E-state index in [2.05, 4.69) is 57.6 Å². The molecule has 0 unspecified atom stereocenters. The van der Waals surface area contributed by atoms with Crippen molar-refractivity contribution in [2.24, 2.45) is 0 Å². The lowest BCUT2D eigenvalue weighted by atomic mass is 10.1. The molecule has 0 saturated heterocycles. The van der Waals surface area contributed by atoms with Crippen LogP contribution in [0.2, 0.25) is 0 Å². The van der Waals surface area contributed by atoms with E-state index in [0.29, 0.717) is 0 Å². The Balaban J connectivity index is 1.69. The number of nitrogens with one attached hydrogen (secondary N) is 1. The fourth-order valence-electron chi connectivity index (χ4n) is 2.12. The Bertz CT molecular complexity index is 676. The van der Waals surface area contributed by atoms with Crippen LogP contribution in [-0.4, -0.2) is 0 Å². The molecule has 0 spiro atoms. The molecule has 1 heterocycles. The molecular formula is C16H14BrNO. The molecule has 1 N–H and O–H groups in total. The molecule has 3 aromatic rings. The highest BCUT2D eigenvalue weighted by atomic mass is 79.9. The van der Waals surface area contributed by atoms with E-state index in [0.717, 1.165) is 23.3 Å². The molecule has 1 aromatic heterocycles. The van der Waals surface area contributed by atoms with Crippen LogP contribution in [0.25, 0.3) is 10.8 Å². The van der Waals surface area contributed by atoms with Crippen molar-refractivity contribution in [1.82, 2.24) is 5.32 Å². The maximum absolute atomic E-state index is 5.29. The summed E-state index contributed by atoms with van der Waals surface area (Å²) in [4.78, 5) is 0. The first kappa shape index (κ1) is 12.5. The summed E-state index contributed by atoms with van der Waals surface area (Å²) in [6.45, 7) is 1.60. The van der Waals surface area contributed by atoms with Crippen molar-refractivity contribution in [3.05, 3.63) is 70.6 Å². The van der Waals surface area contributed by atoms with Crippen molar-refractivity contribution in [3.63, 3.8) is 0 Å². The molecule has 0 aliphatic heterocycles. The molecule has 0 fully saturated rings. The topological polar surface area (TPSA) is 25.2 Å². The van der Waals surface area contributed by atoms with Gasteiger partial charge in [0, 0.05) is 11.0 Å². The van der Waals surface area contributed by atoms with Crippen LogP contribution in [0.1, 0.15) is 11.3 Å². The van der Waals surface area contributed by atoms with E-state index in [1.54, 1.807) is 6.26 Å². The Morgan fingerprint density at radius 2 is 1.79 bits per heavy atom. The summed E-state index contributed by atoms with van der Waals surface area (Å²) in [6, 6.07) is 16.8. The SMILES string of the molecule is Brc1ccc2cc(CNCc3ccco3)ccc2c1. The van der Waals surface area contributed by atoms with Gasteiger partial charge in [0.25, 0.3) is 0 Å². The van der Waals surface area contributed by atoms with Gasteiger partial charge in [0.1, 0.15) is 5.76 Å². The van der Waals surface area contributed by atoms with Crippen LogP contribution in [0.15, 0.2) is 63.7 Å². The average Bonchev–Trinajstić information content (AvgIpc) is 2.92. The molecule has 0 aliphatic rings. The summed E-state index contributed by atoms with van der Waals surface area (Å²) in [5, 5.41) is 5.90. The highest BCUT2D eigenvalue weighted by molar-refractivity contribution is 9.10. The van der Waals surface area contributed by atoms with Crippen molar-refractivity contribution in [2.45, 2.75) is 13.1 Å². The number of halogens is 1. The lowest BCUT2D eigenvalue weighted by Gasteiger charge is -2.05. The van der Waals surface area contributed by atoms with Gasteiger partial charge in [-0.15, -0.1) is 0 Å². The Morgan fingerprint density at radius 3 is 2.63 bits per heavy atom. The zero-order chi connectivity index (χ0) is 13.1. The minimum absolute atomic E-state index is 0.755.